The fraction of sp³-hybridized carbons (Fsp3) is 0.0182. The molecule has 5 heteroatoms. The van der Waals surface area contributed by atoms with E-state index in [0.29, 0.717) is 11.3 Å². The summed E-state index contributed by atoms with van der Waals surface area (Å²) in [6, 6.07) is 65.6. The Kier molecular flexibility index (Phi) is 8.45. The van der Waals surface area contributed by atoms with Gasteiger partial charge in [-0.25, -0.2) is 4.98 Å². The molecule has 7 aromatic carbocycles. The summed E-state index contributed by atoms with van der Waals surface area (Å²) >= 11 is 0. The van der Waals surface area contributed by atoms with E-state index < -0.39 is 0 Å². The number of rotatable bonds is 7. The molecule has 60 heavy (non-hydrogen) atoms. The fourth-order valence-electron chi connectivity index (χ4n) is 8.42. The molecule has 0 fully saturated rings. The number of phenols is 1. The van der Waals surface area contributed by atoms with Gasteiger partial charge in [-0.05, 0) is 89.8 Å². The molecule has 0 spiro atoms. The maximum absolute atomic E-state index is 10.8. The molecule has 0 unspecified atom stereocenters. The van der Waals surface area contributed by atoms with Gasteiger partial charge < -0.3 is 13.9 Å². The molecule has 0 aliphatic rings. The monoisotopic (exact) mass is 772 g/mol. The van der Waals surface area contributed by atoms with Crippen molar-refractivity contribution in [2.24, 2.45) is 0 Å². The van der Waals surface area contributed by atoms with Crippen LogP contribution in [0, 0.1) is 6.92 Å². The predicted octanol–water partition coefficient (Wildman–Crippen LogP) is 14.8. The summed E-state index contributed by atoms with van der Waals surface area (Å²) in [7, 11) is 0. The third-order valence-corrected chi connectivity index (χ3v) is 11.2. The van der Waals surface area contributed by atoms with Gasteiger partial charge in [-0.2, -0.15) is 0 Å². The van der Waals surface area contributed by atoms with Crippen molar-refractivity contribution < 1.29 is 13.9 Å². The SMILES string of the molecule is Cc1cc(-c2oc3ccccc3c2-c2ccc3c(c2)oc2c(-c4ccccc4)cccc23)cc(-c2cccc(-c3cc(-c4ccccc4)cc(-c4ccccc4O)n3)c2)n1. The molecule has 0 aliphatic heterocycles. The van der Waals surface area contributed by atoms with E-state index in [0.717, 1.165) is 106 Å². The van der Waals surface area contributed by atoms with Crippen LogP contribution in [0.3, 0.4) is 0 Å². The second kappa shape index (κ2) is 14.4. The summed E-state index contributed by atoms with van der Waals surface area (Å²) in [5.41, 5.74) is 15.4. The summed E-state index contributed by atoms with van der Waals surface area (Å²) in [4.78, 5) is 10.2. The lowest BCUT2D eigenvalue weighted by Gasteiger charge is -2.12. The van der Waals surface area contributed by atoms with E-state index in [1.54, 1.807) is 6.07 Å². The minimum atomic E-state index is 0.186. The second-order valence-corrected chi connectivity index (χ2v) is 15.1. The average Bonchev–Trinajstić information content (AvgIpc) is 3.88. The topological polar surface area (TPSA) is 72.3 Å². The Morgan fingerprint density at radius 3 is 1.83 bits per heavy atom. The van der Waals surface area contributed by atoms with Gasteiger partial charge in [0.15, 0.2) is 0 Å². The maximum atomic E-state index is 10.8. The van der Waals surface area contributed by atoms with Crippen LogP contribution in [0.4, 0.5) is 0 Å². The number of furan rings is 2. The van der Waals surface area contributed by atoms with Crippen LogP contribution < -0.4 is 0 Å². The van der Waals surface area contributed by atoms with Gasteiger partial charge in [0.1, 0.15) is 28.3 Å². The number of benzene rings is 7. The molecule has 0 radical (unpaired) electrons. The molecule has 0 bridgehead atoms. The van der Waals surface area contributed by atoms with Crippen molar-refractivity contribution in [2.75, 3.05) is 0 Å². The third-order valence-electron chi connectivity index (χ3n) is 11.2. The molecule has 4 aromatic heterocycles. The lowest BCUT2D eigenvalue weighted by Crippen LogP contribution is -1.93. The first-order valence-electron chi connectivity index (χ1n) is 20.0. The Hall–Kier alpha value is -8.02. The Balaban J connectivity index is 1.03. The highest BCUT2D eigenvalue weighted by Crippen LogP contribution is 2.44. The van der Waals surface area contributed by atoms with Gasteiger partial charge in [-0.1, -0.05) is 133 Å². The van der Waals surface area contributed by atoms with E-state index >= 15 is 0 Å². The summed E-state index contributed by atoms with van der Waals surface area (Å²) < 4.78 is 13.4. The van der Waals surface area contributed by atoms with E-state index in [2.05, 4.69) is 121 Å². The highest BCUT2D eigenvalue weighted by atomic mass is 16.3. The number of hydrogen-bond acceptors (Lipinski definition) is 5. The van der Waals surface area contributed by atoms with E-state index in [1.165, 1.54) is 0 Å². The zero-order valence-corrected chi connectivity index (χ0v) is 32.6. The van der Waals surface area contributed by atoms with Gasteiger partial charge in [0, 0.05) is 55.2 Å². The molecule has 0 amide bonds. The number of aryl methyl sites for hydroxylation is 1. The van der Waals surface area contributed by atoms with Crippen molar-refractivity contribution in [3.63, 3.8) is 0 Å². The van der Waals surface area contributed by atoms with Gasteiger partial charge in [0.2, 0.25) is 0 Å². The van der Waals surface area contributed by atoms with Crippen molar-refractivity contribution in [1.82, 2.24) is 9.97 Å². The summed E-state index contributed by atoms with van der Waals surface area (Å²) in [6.45, 7) is 2.02. The van der Waals surface area contributed by atoms with Gasteiger partial charge in [-0.15, -0.1) is 0 Å². The van der Waals surface area contributed by atoms with Crippen LogP contribution >= 0.6 is 0 Å². The largest absolute Gasteiger partial charge is 0.507 e. The van der Waals surface area contributed by atoms with Gasteiger partial charge >= 0.3 is 0 Å². The molecule has 5 nitrogen and oxygen atoms in total. The van der Waals surface area contributed by atoms with Gasteiger partial charge in [0.05, 0.1) is 17.1 Å². The first-order chi connectivity index (χ1) is 29.5. The van der Waals surface area contributed by atoms with Crippen molar-refractivity contribution in [1.29, 1.82) is 0 Å². The first kappa shape index (κ1) is 35.2. The lowest BCUT2D eigenvalue weighted by atomic mass is 9.96. The van der Waals surface area contributed by atoms with Crippen molar-refractivity contribution in [3.05, 3.63) is 200 Å². The number of fused-ring (bicyclic) bond motifs is 4. The highest BCUT2D eigenvalue weighted by molar-refractivity contribution is 6.11. The van der Waals surface area contributed by atoms with Crippen LogP contribution in [0.25, 0.3) is 111 Å². The Labute approximate surface area is 346 Å². The maximum Gasteiger partial charge on any atom is 0.143 e. The Bertz CT molecular complexity index is 3400. The van der Waals surface area contributed by atoms with E-state index in [-0.39, 0.29) is 5.75 Å². The average molecular weight is 773 g/mol. The molecule has 4 heterocycles. The third kappa shape index (κ3) is 6.21. The molecule has 0 saturated heterocycles. The molecule has 1 N–H and O–H groups in total. The number of aromatic nitrogens is 2. The second-order valence-electron chi connectivity index (χ2n) is 15.1. The molecule has 284 valence electrons. The van der Waals surface area contributed by atoms with Crippen molar-refractivity contribution in [2.45, 2.75) is 6.92 Å². The molecular weight excluding hydrogens is 737 g/mol. The van der Waals surface area contributed by atoms with Crippen LogP contribution in [0.15, 0.2) is 203 Å². The van der Waals surface area contributed by atoms with Crippen LogP contribution in [-0.4, -0.2) is 15.1 Å². The first-order valence-corrected chi connectivity index (χ1v) is 20.0. The Morgan fingerprint density at radius 2 is 1.02 bits per heavy atom. The minimum absolute atomic E-state index is 0.186. The minimum Gasteiger partial charge on any atom is -0.507 e. The number of para-hydroxylation sites is 3. The van der Waals surface area contributed by atoms with Crippen molar-refractivity contribution in [3.8, 4) is 84.2 Å². The van der Waals surface area contributed by atoms with E-state index in [1.807, 2.05) is 73.7 Å². The van der Waals surface area contributed by atoms with Crippen molar-refractivity contribution >= 4 is 32.9 Å². The van der Waals surface area contributed by atoms with Crippen LogP contribution in [0.5, 0.6) is 5.75 Å². The lowest BCUT2D eigenvalue weighted by molar-refractivity contribution is 0.477. The number of phenolic OH excluding ortho intramolecular Hbond substituents is 1. The van der Waals surface area contributed by atoms with Crippen LogP contribution in [0.2, 0.25) is 0 Å². The normalized spacial score (nSPS) is 11.5. The van der Waals surface area contributed by atoms with Gasteiger partial charge in [-0.3, -0.25) is 4.98 Å². The summed E-state index contributed by atoms with van der Waals surface area (Å²) in [5.74, 6) is 0.954. The quantitative estimate of drug-likeness (QED) is 0.175. The number of hydrogen-bond donors (Lipinski definition) is 1. The number of pyridine rings is 2. The van der Waals surface area contributed by atoms with Gasteiger partial charge in [0.25, 0.3) is 0 Å². The summed E-state index contributed by atoms with van der Waals surface area (Å²) in [5, 5.41) is 14.0. The zero-order chi connectivity index (χ0) is 40.2. The molecule has 11 rings (SSSR count). The molecular formula is C55H36N2O3. The highest BCUT2D eigenvalue weighted by Gasteiger charge is 2.21. The number of aromatic hydroxyl groups is 1. The molecule has 11 aromatic rings. The Morgan fingerprint density at radius 1 is 0.383 bits per heavy atom. The zero-order valence-electron chi connectivity index (χ0n) is 32.6. The summed E-state index contributed by atoms with van der Waals surface area (Å²) in [6.07, 6.45) is 0. The van der Waals surface area contributed by atoms with Crippen LogP contribution in [-0.2, 0) is 0 Å². The van der Waals surface area contributed by atoms with E-state index in [9.17, 15) is 5.11 Å². The number of nitrogens with zero attached hydrogens (tertiary/aromatic N) is 2. The smallest absolute Gasteiger partial charge is 0.143 e. The molecule has 0 atom stereocenters. The molecule has 0 aliphatic carbocycles. The standard InChI is InChI=1S/C55H36N2O3/c1-34-28-41(32-47(56-34)37-18-12-19-38(29-37)48-30-40(35-14-4-2-5-15-35)31-49(57-48)45-20-8-10-24-50(45)58)54-53(46-21-9-11-25-51(46)59-54)39-26-27-43-44-23-13-22-42(36-16-6-3-7-17-36)55(44)60-52(43)33-39/h2-33,58H,1H3. The van der Waals surface area contributed by atoms with Crippen LogP contribution in [0.1, 0.15) is 5.69 Å². The van der Waals surface area contributed by atoms with E-state index in [4.69, 9.17) is 18.8 Å². The predicted molar refractivity (Wildman–Crippen MR) is 244 cm³/mol. The fourth-order valence-corrected chi connectivity index (χ4v) is 8.42. The molecule has 0 saturated carbocycles.